The smallest absolute Gasteiger partial charge is 0.264 e. The van der Waals surface area contributed by atoms with Crippen molar-refractivity contribution in [2.24, 2.45) is 0 Å². The lowest BCUT2D eigenvalue weighted by Crippen LogP contribution is -2.05. The van der Waals surface area contributed by atoms with Gasteiger partial charge in [-0.15, -0.1) is 0 Å². The zero-order valence-corrected chi connectivity index (χ0v) is 10.2. The highest BCUT2D eigenvalue weighted by Crippen LogP contribution is 2.23. The summed E-state index contributed by atoms with van der Waals surface area (Å²) in [7, 11) is -3.77. The van der Waals surface area contributed by atoms with Gasteiger partial charge in [-0.3, -0.25) is 4.18 Å². The van der Waals surface area contributed by atoms with E-state index in [2.05, 4.69) is 4.18 Å². The summed E-state index contributed by atoms with van der Waals surface area (Å²) in [6, 6.07) is 0. The van der Waals surface area contributed by atoms with E-state index in [1.807, 2.05) is 0 Å². The van der Waals surface area contributed by atoms with Crippen LogP contribution < -0.4 is 0 Å². The first-order chi connectivity index (χ1) is 8.65. The molecule has 1 aromatic rings. The van der Waals surface area contributed by atoms with Crippen LogP contribution in [0.25, 0.3) is 6.08 Å². The van der Waals surface area contributed by atoms with Crippen molar-refractivity contribution in [1.29, 1.82) is 0 Å². The summed E-state index contributed by atoms with van der Waals surface area (Å²) in [5.41, 5.74) is -1.17. The minimum Gasteiger partial charge on any atom is -0.266 e. The summed E-state index contributed by atoms with van der Waals surface area (Å²) >= 11 is 0. The maximum Gasteiger partial charge on any atom is 0.264 e. The van der Waals surface area contributed by atoms with Crippen LogP contribution in [0.5, 0.6) is 0 Å². The van der Waals surface area contributed by atoms with Gasteiger partial charge in [0.1, 0.15) is 0 Å². The van der Waals surface area contributed by atoms with Gasteiger partial charge in [0.2, 0.25) is 5.82 Å². The van der Waals surface area contributed by atoms with Crippen molar-refractivity contribution in [2.75, 3.05) is 12.9 Å². The highest BCUT2D eigenvalue weighted by Gasteiger charge is 2.24. The van der Waals surface area contributed by atoms with Gasteiger partial charge >= 0.3 is 0 Å². The topological polar surface area (TPSA) is 43.4 Å². The van der Waals surface area contributed by atoms with E-state index >= 15 is 0 Å². The third-order valence-electron chi connectivity index (χ3n) is 1.91. The summed E-state index contributed by atoms with van der Waals surface area (Å²) in [4.78, 5) is 0. The van der Waals surface area contributed by atoms with Crippen LogP contribution in [0.1, 0.15) is 5.56 Å². The number of halogens is 5. The molecule has 9 heteroatoms. The fraction of sp³-hybridized carbons (Fsp3) is 0.200. The SMILES string of the molecule is CS(=O)(=O)OC/C=C/c1c(F)c(F)c(F)c(F)c1F. The molecule has 0 unspecified atom stereocenters. The molecule has 1 aromatic carbocycles. The van der Waals surface area contributed by atoms with Gasteiger partial charge in [0.05, 0.1) is 18.4 Å². The molecule has 1 rings (SSSR count). The predicted molar refractivity (Wildman–Crippen MR) is 56.1 cm³/mol. The number of hydrogen-bond acceptors (Lipinski definition) is 3. The molecule has 0 aromatic heterocycles. The van der Waals surface area contributed by atoms with Crippen molar-refractivity contribution < 1.29 is 34.6 Å². The number of hydrogen-bond donors (Lipinski definition) is 0. The molecule has 0 fully saturated rings. The minimum atomic E-state index is -3.77. The van der Waals surface area contributed by atoms with Gasteiger partial charge in [-0.05, 0) is 0 Å². The second kappa shape index (κ2) is 5.66. The van der Waals surface area contributed by atoms with Gasteiger partial charge < -0.3 is 0 Å². The van der Waals surface area contributed by atoms with Crippen molar-refractivity contribution in [1.82, 2.24) is 0 Å². The molecule has 0 aliphatic heterocycles. The van der Waals surface area contributed by atoms with Gasteiger partial charge in [-0.2, -0.15) is 8.42 Å². The normalized spacial score (nSPS) is 12.3. The van der Waals surface area contributed by atoms with Crippen LogP contribution in [0, 0.1) is 29.1 Å². The van der Waals surface area contributed by atoms with E-state index in [4.69, 9.17) is 0 Å². The Morgan fingerprint density at radius 1 is 0.947 bits per heavy atom. The number of benzene rings is 1. The van der Waals surface area contributed by atoms with Crippen LogP contribution >= 0.6 is 0 Å². The first kappa shape index (κ1) is 15.6. The largest absolute Gasteiger partial charge is 0.266 e. The van der Waals surface area contributed by atoms with Gasteiger partial charge in [0.25, 0.3) is 10.1 Å². The third kappa shape index (κ3) is 3.74. The molecule has 0 N–H and O–H groups in total. The highest BCUT2D eigenvalue weighted by atomic mass is 32.2. The standard InChI is InChI=1S/C10H7F5O3S/c1-19(16,17)18-4-2-3-5-6(11)8(13)10(15)9(14)7(5)12/h2-3H,4H2,1H3/b3-2+. The van der Waals surface area contributed by atoms with E-state index in [9.17, 15) is 30.4 Å². The Bertz CT molecular complexity index is 596. The van der Waals surface area contributed by atoms with Crippen LogP contribution in [0.3, 0.4) is 0 Å². The van der Waals surface area contributed by atoms with E-state index in [0.717, 1.165) is 12.3 Å². The van der Waals surface area contributed by atoms with E-state index < -0.39 is 51.4 Å². The van der Waals surface area contributed by atoms with Gasteiger partial charge in [0.15, 0.2) is 23.3 Å². The first-order valence-electron chi connectivity index (χ1n) is 4.67. The van der Waals surface area contributed by atoms with Crippen molar-refractivity contribution in [3.63, 3.8) is 0 Å². The van der Waals surface area contributed by atoms with Crippen LogP contribution in [-0.2, 0) is 14.3 Å². The average Bonchev–Trinajstić information content (AvgIpc) is 2.32. The summed E-state index contributed by atoms with van der Waals surface area (Å²) in [5.74, 6) is -10.4. The molecule has 106 valence electrons. The van der Waals surface area contributed by atoms with Crippen molar-refractivity contribution in [2.45, 2.75) is 0 Å². The Morgan fingerprint density at radius 2 is 1.37 bits per heavy atom. The van der Waals surface area contributed by atoms with E-state index in [1.54, 1.807) is 0 Å². The van der Waals surface area contributed by atoms with Gasteiger partial charge in [-0.1, -0.05) is 12.2 Å². The minimum absolute atomic E-state index is 0.543. The van der Waals surface area contributed by atoms with Crippen LogP contribution in [-0.4, -0.2) is 21.3 Å². The van der Waals surface area contributed by atoms with Gasteiger partial charge in [-0.25, -0.2) is 22.0 Å². The highest BCUT2D eigenvalue weighted by molar-refractivity contribution is 7.85. The number of rotatable bonds is 4. The van der Waals surface area contributed by atoms with Crippen LogP contribution in [0.15, 0.2) is 6.08 Å². The molecule has 0 spiro atoms. The fourth-order valence-corrected chi connectivity index (χ4v) is 1.42. The van der Waals surface area contributed by atoms with E-state index in [-0.39, 0.29) is 0 Å². The van der Waals surface area contributed by atoms with Crippen LogP contribution in [0.2, 0.25) is 0 Å². The predicted octanol–water partition coefficient (Wildman–Crippen LogP) is 2.37. The first-order valence-corrected chi connectivity index (χ1v) is 6.49. The molecule has 0 bridgehead atoms. The van der Waals surface area contributed by atoms with Crippen molar-refractivity contribution in [3.8, 4) is 0 Å². The molecule has 0 saturated heterocycles. The molecule has 3 nitrogen and oxygen atoms in total. The lowest BCUT2D eigenvalue weighted by molar-refractivity contribution is 0.362. The average molecular weight is 302 g/mol. The van der Waals surface area contributed by atoms with E-state index in [1.165, 1.54) is 0 Å². The molecule has 0 aliphatic carbocycles. The summed E-state index contributed by atoms with van der Waals surface area (Å²) in [5, 5.41) is 0. The van der Waals surface area contributed by atoms with Crippen molar-refractivity contribution in [3.05, 3.63) is 40.7 Å². The molecule has 0 atom stereocenters. The Labute approximate surface area is 105 Å². The van der Waals surface area contributed by atoms with Gasteiger partial charge in [0, 0.05) is 0 Å². The Morgan fingerprint density at radius 3 is 1.79 bits per heavy atom. The fourth-order valence-electron chi connectivity index (χ4n) is 1.10. The van der Waals surface area contributed by atoms with Crippen molar-refractivity contribution >= 4 is 16.2 Å². The molecule has 0 amide bonds. The molecular weight excluding hydrogens is 295 g/mol. The molecule has 0 heterocycles. The quantitative estimate of drug-likeness (QED) is 0.371. The molecular formula is C10H7F5O3S. The summed E-state index contributed by atoms with van der Waals surface area (Å²) < 4.78 is 89.8. The lowest BCUT2D eigenvalue weighted by atomic mass is 10.1. The molecule has 0 radical (unpaired) electrons. The zero-order chi connectivity index (χ0) is 14.8. The molecule has 0 saturated carbocycles. The Hall–Kier alpha value is -1.48. The maximum atomic E-state index is 13.1. The van der Waals surface area contributed by atoms with Crippen LogP contribution in [0.4, 0.5) is 22.0 Å². The summed E-state index contributed by atoms with van der Waals surface area (Å²) in [6.07, 6.45) is 2.08. The second-order valence-corrected chi connectivity index (χ2v) is 5.02. The third-order valence-corrected chi connectivity index (χ3v) is 2.47. The Kier molecular flexibility index (Phi) is 4.64. The second-order valence-electron chi connectivity index (χ2n) is 3.37. The maximum absolute atomic E-state index is 13.1. The zero-order valence-electron chi connectivity index (χ0n) is 9.38. The monoisotopic (exact) mass is 302 g/mol. The van der Waals surface area contributed by atoms with E-state index in [0.29, 0.717) is 6.08 Å². The molecule has 0 aliphatic rings. The lowest BCUT2D eigenvalue weighted by Gasteiger charge is -2.04. The molecule has 19 heavy (non-hydrogen) atoms. The Balaban J connectivity index is 3.06. The summed E-state index contributed by atoms with van der Waals surface area (Å²) in [6.45, 7) is -0.599.